The van der Waals surface area contributed by atoms with Crippen LogP contribution in [0.5, 0.6) is 5.75 Å². The van der Waals surface area contributed by atoms with Crippen LogP contribution >= 0.6 is 0 Å². The van der Waals surface area contributed by atoms with Crippen LogP contribution in [0.25, 0.3) is 22.6 Å². The molecule has 1 aliphatic heterocycles. The van der Waals surface area contributed by atoms with Gasteiger partial charge < -0.3 is 9.29 Å². The molecule has 6 rings (SSSR count). The molecule has 7 nitrogen and oxygen atoms in total. The van der Waals surface area contributed by atoms with E-state index in [9.17, 15) is 22.8 Å². The molecule has 4 aromatic rings. The lowest BCUT2D eigenvalue weighted by atomic mass is 9.93. The van der Waals surface area contributed by atoms with Gasteiger partial charge in [0.25, 0.3) is 0 Å². The Bertz CT molecular complexity index is 1940. The second-order valence-corrected chi connectivity index (χ2v) is 10.7. The smallest absolute Gasteiger partial charge is 0.485 e. The Balaban J connectivity index is 0.000000390. The zero-order chi connectivity index (χ0) is 30.2. The molecule has 0 fully saturated rings. The monoisotopic (exact) mass is 591 g/mol. The molecule has 1 aliphatic carbocycles. The van der Waals surface area contributed by atoms with Crippen molar-refractivity contribution in [2.24, 2.45) is 7.05 Å². The lowest BCUT2D eigenvalue weighted by molar-refractivity contribution is -0.645. The van der Waals surface area contributed by atoms with Crippen LogP contribution in [0.4, 0.5) is 13.2 Å². The fraction of sp³-hybridized carbons (Fsp3) is 0.0645. The molecule has 1 aromatic heterocycles. The molecule has 11 heteroatoms. The third kappa shape index (κ3) is 5.52. The number of halogens is 3. The zero-order valence-electron chi connectivity index (χ0n) is 21.8. The zero-order valence-corrected chi connectivity index (χ0v) is 22.6. The van der Waals surface area contributed by atoms with Crippen molar-refractivity contribution in [2.45, 2.75) is 5.51 Å². The molecule has 0 N–H and O–H groups in total. The van der Waals surface area contributed by atoms with Crippen LogP contribution in [0.1, 0.15) is 31.8 Å². The number of carbonyl (C=O) groups is 2. The molecule has 2 heterocycles. The average molecular weight is 592 g/mol. The number of aryl methyl sites for hydroxylation is 1. The van der Waals surface area contributed by atoms with Gasteiger partial charge in [0, 0.05) is 39.3 Å². The van der Waals surface area contributed by atoms with Crippen LogP contribution in [0, 0.1) is 0 Å². The number of ketones is 2. The molecule has 0 radical (unpaired) electrons. The first-order chi connectivity index (χ1) is 19.8. The summed E-state index contributed by atoms with van der Waals surface area (Å²) in [6.45, 7) is 0. The van der Waals surface area contributed by atoms with Crippen molar-refractivity contribution in [3.8, 4) is 5.75 Å². The Morgan fingerprint density at radius 1 is 0.833 bits per heavy atom. The fourth-order valence-electron chi connectivity index (χ4n) is 4.65. The van der Waals surface area contributed by atoms with Crippen molar-refractivity contribution < 1.29 is 45.0 Å². The van der Waals surface area contributed by atoms with Crippen LogP contribution < -0.4 is 9.30 Å². The number of hydrogen-bond acceptors (Lipinski definition) is 6. The first kappa shape index (κ1) is 28.7. The topological polar surface area (TPSA) is 104 Å². The predicted molar refractivity (Wildman–Crippen MR) is 147 cm³/mol. The number of rotatable bonds is 2. The Morgan fingerprint density at radius 2 is 1.38 bits per heavy atom. The number of benzene rings is 3. The molecule has 0 unspecified atom stereocenters. The summed E-state index contributed by atoms with van der Waals surface area (Å²) in [5.41, 5.74) is -1.06. The summed E-state index contributed by atoms with van der Waals surface area (Å²) in [6.07, 6.45) is 7.69. The minimum absolute atomic E-state index is 0.194. The van der Waals surface area contributed by atoms with Crippen molar-refractivity contribution in [1.82, 2.24) is 0 Å². The van der Waals surface area contributed by atoms with Gasteiger partial charge in [0.05, 0.1) is 5.57 Å². The summed E-state index contributed by atoms with van der Waals surface area (Å²) in [5, 5.41) is 1.14. The van der Waals surface area contributed by atoms with Gasteiger partial charge in [-0.1, -0.05) is 54.6 Å². The first-order valence-corrected chi connectivity index (χ1v) is 13.8. The molecule has 212 valence electrons. The predicted octanol–water partition coefficient (Wildman–Crippen LogP) is 5.54. The molecule has 2 aliphatic rings. The van der Waals surface area contributed by atoms with E-state index in [0.717, 1.165) is 22.0 Å². The number of pyridine rings is 1. The average Bonchev–Trinajstić information content (AvgIpc) is 3.20. The maximum absolute atomic E-state index is 13.2. The van der Waals surface area contributed by atoms with Gasteiger partial charge in [-0.05, 0) is 36.4 Å². The number of allylic oxidation sites excluding steroid dienone is 4. The van der Waals surface area contributed by atoms with Gasteiger partial charge >= 0.3 is 5.51 Å². The van der Waals surface area contributed by atoms with Crippen LogP contribution in [-0.4, -0.2) is 30.0 Å². The van der Waals surface area contributed by atoms with Crippen molar-refractivity contribution in [3.63, 3.8) is 0 Å². The van der Waals surface area contributed by atoms with E-state index in [1.54, 1.807) is 30.3 Å². The van der Waals surface area contributed by atoms with Crippen molar-refractivity contribution in [1.29, 1.82) is 0 Å². The van der Waals surface area contributed by atoms with Crippen molar-refractivity contribution in [3.05, 3.63) is 131 Å². The van der Waals surface area contributed by atoms with E-state index in [1.807, 2.05) is 55.6 Å². The minimum atomic E-state index is -6.09. The fourth-order valence-corrected chi connectivity index (χ4v) is 4.65. The van der Waals surface area contributed by atoms with Crippen LogP contribution in [0.2, 0.25) is 0 Å². The van der Waals surface area contributed by atoms with Crippen molar-refractivity contribution in [2.75, 3.05) is 0 Å². The lowest BCUT2D eigenvalue weighted by Crippen LogP contribution is -2.28. The second kappa shape index (κ2) is 10.8. The van der Waals surface area contributed by atoms with Crippen LogP contribution in [-0.2, 0) is 17.2 Å². The van der Waals surface area contributed by atoms with Crippen molar-refractivity contribution >= 4 is 44.2 Å². The molecule has 3 aromatic carbocycles. The summed E-state index contributed by atoms with van der Waals surface area (Å²) in [5.74, 6) is 0.697. The van der Waals surface area contributed by atoms with E-state index in [2.05, 4.69) is 29.0 Å². The molecule has 0 saturated heterocycles. The van der Waals surface area contributed by atoms with E-state index in [0.29, 0.717) is 28.2 Å². The van der Waals surface area contributed by atoms with Gasteiger partial charge in [-0.15, -0.1) is 0 Å². The summed E-state index contributed by atoms with van der Waals surface area (Å²) < 4.78 is 67.1. The first-order valence-electron chi connectivity index (χ1n) is 12.4. The molecule has 0 saturated carbocycles. The largest absolute Gasteiger partial charge is 0.741 e. The molecule has 0 atom stereocenters. The summed E-state index contributed by atoms with van der Waals surface area (Å²) in [7, 11) is -4.07. The maximum Gasteiger partial charge on any atom is 0.485 e. The molecule has 0 bridgehead atoms. The highest BCUT2D eigenvalue weighted by Crippen LogP contribution is 2.40. The molecular formula is C31H20F3NO6S. The number of carbonyl (C=O) groups excluding carboxylic acids is 2. The van der Waals surface area contributed by atoms with Crippen LogP contribution in [0.3, 0.4) is 0 Å². The minimum Gasteiger partial charge on any atom is -0.741 e. The third-order valence-electron chi connectivity index (χ3n) is 6.54. The number of nitrogens with zero attached hydrogens (tertiary/aromatic N) is 1. The lowest BCUT2D eigenvalue weighted by Gasteiger charge is -2.19. The summed E-state index contributed by atoms with van der Waals surface area (Å²) in [6, 6.07) is 24.8. The molecule has 0 spiro atoms. The van der Waals surface area contributed by atoms with Gasteiger partial charge in [0.2, 0.25) is 5.52 Å². The number of hydrogen-bond donors (Lipinski definition) is 0. The molecule has 0 amide bonds. The Morgan fingerprint density at radius 3 is 2.00 bits per heavy atom. The highest BCUT2D eigenvalue weighted by Gasteiger charge is 2.37. The Labute approximate surface area is 238 Å². The SMILES string of the molecule is C[n+]1cc(/C=C/C2=CC(=C3C(=O)c4ccccc4C3=O)c3ccccc3O2)cc2ccccc21.O=S(=O)([O-])C(F)(F)F. The standard InChI is InChI=1S/C30H20NO3.CHF3O3S/c1-31-18-19(16-20-8-2-6-12-26(20)31)14-15-21-17-25(22-9-5-7-13-27(22)34-21)28-29(32)23-10-3-4-11-24(23)30(28)33;2-1(3,4)8(5,6)7/h2-18H,1H3;(H,5,6,7)/q+1;/p-1/b15-14+;. The van der Waals surface area contributed by atoms with Gasteiger partial charge in [0.15, 0.2) is 27.9 Å². The summed E-state index contributed by atoms with van der Waals surface area (Å²) >= 11 is 0. The number of aromatic nitrogens is 1. The number of fused-ring (bicyclic) bond motifs is 3. The summed E-state index contributed by atoms with van der Waals surface area (Å²) in [4.78, 5) is 26.4. The maximum atomic E-state index is 13.2. The Hall–Kier alpha value is -4.87. The highest BCUT2D eigenvalue weighted by molar-refractivity contribution is 7.86. The van der Waals surface area contributed by atoms with Crippen LogP contribution in [0.15, 0.2) is 109 Å². The number of Topliss-reactive ketones (excluding diaryl/α,β-unsaturated/α-hetero) is 2. The van der Waals surface area contributed by atoms with Gasteiger partial charge in [-0.3, -0.25) is 9.59 Å². The number of para-hydroxylation sites is 2. The number of alkyl halides is 3. The van der Waals surface area contributed by atoms with E-state index >= 15 is 0 Å². The van der Waals surface area contributed by atoms with E-state index in [4.69, 9.17) is 17.7 Å². The molecule has 42 heavy (non-hydrogen) atoms. The van der Waals surface area contributed by atoms with E-state index < -0.39 is 15.6 Å². The number of ether oxygens (including phenoxy) is 1. The highest BCUT2D eigenvalue weighted by atomic mass is 32.2. The Kier molecular flexibility index (Phi) is 7.40. The molecular weight excluding hydrogens is 571 g/mol. The van der Waals surface area contributed by atoms with Gasteiger partial charge in [-0.25, -0.2) is 13.0 Å². The van der Waals surface area contributed by atoms with Gasteiger partial charge in [-0.2, -0.15) is 13.2 Å². The second-order valence-electron chi connectivity index (χ2n) is 9.31. The quantitative estimate of drug-likeness (QED) is 0.0997. The normalized spacial score (nSPS) is 14.7. The third-order valence-corrected chi connectivity index (χ3v) is 7.10. The van der Waals surface area contributed by atoms with E-state index in [1.165, 1.54) is 0 Å². The van der Waals surface area contributed by atoms with Gasteiger partial charge in [0.1, 0.15) is 18.6 Å². The van der Waals surface area contributed by atoms with E-state index in [-0.39, 0.29) is 17.1 Å².